The first-order valence-electron chi connectivity index (χ1n) is 13.1. The Morgan fingerprint density at radius 2 is 1.83 bits per heavy atom. The number of nitrogen functional groups attached to an aromatic ring is 1. The number of Topliss-reactive ketones (excluding diaryl/α,β-unsaturated/α-hetero) is 2. The van der Waals surface area contributed by atoms with Crippen LogP contribution in [0.3, 0.4) is 0 Å². The first-order valence-corrected chi connectivity index (χ1v) is 13.1. The molecule has 198 valence electrons. The molecule has 0 aromatic heterocycles. The van der Waals surface area contributed by atoms with Crippen molar-refractivity contribution in [1.29, 1.82) is 0 Å². The molecule has 1 amide bonds. The highest BCUT2D eigenvalue weighted by atomic mass is 16.3. The Morgan fingerprint density at radius 1 is 1.11 bits per heavy atom. The molecule has 8 nitrogen and oxygen atoms in total. The van der Waals surface area contributed by atoms with Crippen molar-refractivity contribution >= 4 is 23.2 Å². The lowest BCUT2D eigenvalue weighted by Crippen LogP contribution is -2.62. The molecule has 0 saturated heterocycles. The highest BCUT2D eigenvalue weighted by Gasteiger charge is 2.68. The van der Waals surface area contributed by atoms with Crippen molar-refractivity contribution in [3.05, 3.63) is 29.8 Å². The number of aliphatic hydroxyl groups excluding tert-OH is 2. The number of fused-ring (bicyclic) bond motifs is 5. The van der Waals surface area contributed by atoms with Crippen LogP contribution in [-0.2, 0) is 9.59 Å². The number of aliphatic hydroxyl groups is 3. The average Bonchev–Trinajstić information content (AvgIpc) is 3.10. The molecule has 0 unspecified atom stereocenters. The van der Waals surface area contributed by atoms with Gasteiger partial charge in [0, 0.05) is 29.0 Å². The minimum atomic E-state index is -1.58. The van der Waals surface area contributed by atoms with Gasteiger partial charge in [-0.15, -0.1) is 0 Å². The third-order valence-corrected chi connectivity index (χ3v) is 10.3. The van der Waals surface area contributed by atoms with Gasteiger partial charge in [-0.3, -0.25) is 14.4 Å². The fourth-order valence-electron chi connectivity index (χ4n) is 8.34. The number of anilines is 1. The van der Waals surface area contributed by atoms with E-state index in [0.717, 1.165) is 38.5 Å². The predicted octanol–water partition coefficient (Wildman–Crippen LogP) is 2.23. The highest BCUT2D eigenvalue weighted by molar-refractivity contribution is 5.93. The number of carbonyl (C=O) groups is 3. The van der Waals surface area contributed by atoms with E-state index in [2.05, 4.69) is 6.92 Å². The molecule has 36 heavy (non-hydrogen) atoms. The minimum absolute atomic E-state index is 0.0154. The maximum Gasteiger partial charge on any atom is 0.248 e. The summed E-state index contributed by atoms with van der Waals surface area (Å²) in [5.41, 5.74) is 8.97. The Balaban J connectivity index is 0.000000256. The van der Waals surface area contributed by atoms with E-state index in [4.69, 9.17) is 11.5 Å². The van der Waals surface area contributed by atoms with E-state index < -0.39 is 29.3 Å². The Hall–Kier alpha value is -2.29. The van der Waals surface area contributed by atoms with Gasteiger partial charge in [0.2, 0.25) is 5.91 Å². The van der Waals surface area contributed by atoms with E-state index >= 15 is 0 Å². The first kappa shape index (κ1) is 26.8. The van der Waals surface area contributed by atoms with Gasteiger partial charge in [-0.2, -0.15) is 0 Å². The van der Waals surface area contributed by atoms with Crippen LogP contribution in [0.5, 0.6) is 0 Å². The maximum absolute atomic E-state index is 13.4. The number of rotatable bonds is 3. The van der Waals surface area contributed by atoms with E-state index in [1.807, 2.05) is 6.92 Å². The molecule has 4 aliphatic rings. The molecule has 4 fully saturated rings. The molecule has 1 aromatic rings. The van der Waals surface area contributed by atoms with Gasteiger partial charge in [0.1, 0.15) is 18.0 Å². The SMILES string of the molecule is C[C@]12CC[C@@H](O)C[C@H]1CC[C@@H]1[C@@H]2C(=O)C[C@@]2(C)[C@H]1CC[C@]2(O)C(=O)CO.NC(=O)c1cccc(N)c1. The van der Waals surface area contributed by atoms with E-state index in [9.17, 15) is 29.7 Å². The number of ketones is 2. The zero-order chi connectivity index (χ0) is 26.5. The number of carbonyl (C=O) groups excluding carboxylic acids is 3. The molecule has 4 saturated carbocycles. The molecule has 1 aromatic carbocycles. The number of hydrogen-bond acceptors (Lipinski definition) is 7. The number of primary amides is 1. The third-order valence-electron chi connectivity index (χ3n) is 10.3. The Labute approximate surface area is 212 Å². The van der Waals surface area contributed by atoms with Gasteiger partial charge in [-0.25, -0.2) is 0 Å². The molecule has 5 rings (SSSR count). The summed E-state index contributed by atoms with van der Waals surface area (Å²) in [6.07, 6.45) is 5.47. The van der Waals surface area contributed by atoms with Crippen LogP contribution in [0.15, 0.2) is 24.3 Å². The second kappa shape index (κ2) is 9.54. The molecule has 8 heteroatoms. The molecule has 0 heterocycles. The summed E-state index contributed by atoms with van der Waals surface area (Å²) in [6, 6.07) is 6.56. The van der Waals surface area contributed by atoms with E-state index in [-0.39, 0.29) is 41.5 Å². The van der Waals surface area contributed by atoms with Crippen LogP contribution in [0, 0.1) is 34.5 Å². The predicted molar refractivity (Wildman–Crippen MR) is 135 cm³/mol. The quantitative estimate of drug-likeness (QED) is 0.397. The summed E-state index contributed by atoms with van der Waals surface area (Å²) in [7, 11) is 0. The van der Waals surface area contributed by atoms with E-state index in [1.54, 1.807) is 24.3 Å². The summed E-state index contributed by atoms with van der Waals surface area (Å²) >= 11 is 0. The normalized spacial score (nSPS) is 41.2. The molecule has 0 bridgehead atoms. The highest BCUT2D eigenvalue weighted by Crippen LogP contribution is 2.67. The topological polar surface area (TPSA) is 164 Å². The Morgan fingerprint density at radius 3 is 2.44 bits per heavy atom. The standard InChI is InChI=1S/C21H32O5.C7H8N2O/c1-19-7-5-13(23)9-12(19)3-4-14-15-6-8-21(26,17(25)11-22)20(15,2)10-16(24)18(14)19;8-6-3-1-2-5(4-6)7(9)10/h12-15,18,22-23,26H,3-11H2,1-2H3;1-4H,8H2,(H2,9,10)/t12-,13-,14+,15+,18-,19+,20+,21+;/m1./s1. The molecule has 4 aliphatic carbocycles. The van der Waals surface area contributed by atoms with Gasteiger partial charge >= 0.3 is 0 Å². The largest absolute Gasteiger partial charge is 0.399 e. The molecular formula is C28H40N2O6. The van der Waals surface area contributed by atoms with Gasteiger partial charge < -0.3 is 26.8 Å². The molecule has 8 atom stereocenters. The van der Waals surface area contributed by atoms with Gasteiger partial charge in [-0.05, 0) is 86.3 Å². The van der Waals surface area contributed by atoms with Crippen LogP contribution in [0.2, 0.25) is 0 Å². The zero-order valence-electron chi connectivity index (χ0n) is 21.3. The lowest BCUT2D eigenvalue weighted by atomic mass is 9.44. The van der Waals surface area contributed by atoms with E-state index in [1.165, 1.54) is 0 Å². The Bertz CT molecular complexity index is 1040. The fraction of sp³-hybridized carbons (Fsp3) is 0.679. The summed E-state index contributed by atoms with van der Waals surface area (Å²) < 4.78 is 0. The second-order valence-electron chi connectivity index (χ2n) is 12.0. The average molecular weight is 501 g/mol. The number of benzene rings is 1. The number of nitrogens with two attached hydrogens (primary N) is 2. The molecule has 0 radical (unpaired) electrons. The van der Waals surface area contributed by atoms with Crippen molar-refractivity contribution in [3.8, 4) is 0 Å². The summed E-state index contributed by atoms with van der Waals surface area (Å²) in [5.74, 6) is -0.0719. The van der Waals surface area contributed by atoms with Crippen molar-refractivity contribution in [1.82, 2.24) is 0 Å². The van der Waals surface area contributed by atoms with Crippen LogP contribution in [-0.4, -0.2) is 51.1 Å². The molecular weight excluding hydrogens is 460 g/mol. The molecule has 0 spiro atoms. The maximum atomic E-state index is 13.4. The lowest BCUT2D eigenvalue weighted by molar-refractivity contribution is -0.180. The molecule has 0 aliphatic heterocycles. The number of hydrogen-bond donors (Lipinski definition) is 5. The van der Waals surface area contributed by atoms with Crippen molar-refractivity contribution in [2.24, 2.45) is 40.2 Å². The molecule has 7 N–H and O–H groups in total. The van der Waals surface area contributed by atoms with Gasteiger partial charge in [0.25, 0.3) is 0 Å². The van der Waals surface area contributed by atoms with E-state index in [0.29, 0.717) is 23.6 Å². The summed E-state index contributed by atoms with van der Waals surface area (Å²) in [5, 5.41) is 30.6. The van der Waals surface area contributed by atoms with Crippen LogP contribution in [0.1, 0.15) is 75.6 Å². The van der Waals surface area contributed by atoms with Crippen molar-refractivity contribution in [3.63, 3.8) is 0 Å². The van der Waals surface area contributed by atoms with Crippen LogP contribution in [0.25, 0.3) is 0 Å². The van der Waals surface area contributed by atoms with Crippen LogP contribution >= 0.6 is 0 Å². The monoisotopic (exact) mass is 500 g/mol. The van der Waals surface area contributed by atoms with Gasteiger partial charge in [-0.1, -0.05) is 19.9 Å². The third kappa shape index (κ3) is 4.17. The minimum Gasteiger partial charge on any atom is -0.399 e. The summed E-state index contributed by atoms with van der Waals surface area (Å²) in [6.45, 7) is 3.46. The first-order chi connectivity index (χ1) is 16.9. The van der Waals surface area contributed by atoms with Gasteiger partial charge in [0.05, 0.1) is 6.10 Å². The van der Waals surface area contributed by atoms with Gasteiger partial charge in [0.15, 0.2) is 5.78 Å². The fourth-order valence-corrected chi connectivity index (χ4v) is 8.34. The van der Waals surface area contributed by atoms with Crippen molar-refractivity contribution < 1.29 is 29.7 Å². The smallest absolute Gasteiger partial charge is 0.248 e. The van der Waals surface area contributed by atoms with Crippen molar-refractivity contribution in [2.45, 2.75) is 76.9 Å². The number of amides is 1. The lowest BCUT2D eigenvalue weighted by Gasteiger charge is -2.60. The summed E-state index contributed by atoms with van der Waals surface area (Å²) in [4.78, 5) is 36.2. The van der Waals surface area contributed by atoms with Crippen LogP contribution < -0.4 is 11.5 Å². The second-order valence-corrected chi connectivity index (χ2v) is 12.0. The Kier molecular flexibility index (Phi) is 7.09. The zero-order valence-corrected chi connectivity index (χ0v) is 21.3. The van der Waals surface area contributed by atoms with Crippen LogP contribution in [0.4, 0.5) is 5.69 Å². The van der Waals surface area contributed by atoms with Crippen molar-refractivity contribution in [2.75, 3.05) is 12.3 Å².